The van der Waals surface area contributed by atoms with Gasteiger partial charge in [0.15, 0.2) is 11.5 Å². The van der Waals surface area contributed by atoms with Crippen molar-refractivity contribution in [3.8, 4) is 17.2 Å². The van der Waals surface area contributed by atoms with Crippen molar-refractivity contribution >= 4 is 43.7 Å². The number of pyridine rings is 1. The third-order valence-electron chi connectivity index (χ3n) is 5.19. The van der Waals surface area contributed by atoms with E-state index in [4.69, 9.17) is 25.8 Å². The Balaban J connectivity index is 1.93. The number of methoxy groups -OCH3 is 2. The lowest BCUT2D eigenvalue weighted by Gasteiger charge is -2.17. The molecule has 0 fully saturated rings. The molecule has 9 heteroatoms. The normalized spacial score (nSPS) is 11.3. The number of rotatable bonds is 8. The zero-order valence-electron chi connectivity index (χ0n) is 18.8. The van der Waals surface area contributed by atoms with E-state index in [1.165, 1.54) is 44.7 Å². The van der Waals surface area contributed by atoms with Crippen LogP contribution in [0.25, 0.3) is 10.9 Å². The molecule has 4 rings (SSSR count). The standard InChI is InChI=1S/C25H23ClN2O5S/c1-4-33-18-9-7-17(8-10-18)28-25-20-13-22(31-2)23(32-3)14-21(20)27-15-24(25)34(29,30)19-11-5-16(26)6-12-19/h5-15H,4H2,1-3H3,(H,27,28). The molecule has 3 aromatic carbocycles. The van der Waals surface area contributed by atoms with Gasteiger partial charge >= 0.3 is 0 Å². The molecule has 1 N–H and O–H groups in total. The number of nitrogens with one attached hydrogen (secondary N) is 1. The fourth-order valence-corrected chi connectivity index (χ4v) is 5.02. The summed E-state index contributed by atoms with van der Waals surface area (Å²) in [5.41, 5.74) is 1.59. The van der Waals surface area contributed by atoms with Gasteiger partial charge in [0.1, 0.15) is 10.6 Å². The Kier molecular flexibility index (Phi) is 6.81. The molecule has 0 spiro atoms. The third kappa shape index (κ3) is 4.60. The van der Waals surface area contributed by atoms with Gasteiger partial charge < -0.3 is 19.5 Å². The molecule has 0 aliphatic rings. The Morgan fingerprint density at radius 2 is 1.59 bits per heavy atom. The number of ether oxygens (including phenoxy) is 3. The van der Waals surface area contributed by atoms with Crippen LogP contribution in [0.4, 0.5) is 11.4 Å². The summed E-state index contributed by atoms with van der Waals surface area (Å²) in [7, 11) is -0.882. The van der Waals surface area contributed by atoms with E-state index in [1.807, 2.05) is 31.2 Å². The van der Waals surface area contributed by atoms with Gasteiger partial charge in [0.25, 0.3) is 0 Å². The monoisotopic (exact) mass is 498 g/mol. The Bertz CT molecular complexity index is 1420. The highest BCUT2D eigenvalue weighted by atomic mass is 35.5. The van der Waals surface area contributed by atoms with E-state index in [9.17, 15) is 8.42 Å². The number of fused-ring (bicyclic) bond motifs is 1. The van der Waals surface area contributed by atoms with Crippen LogP contribution in [0.15, 0.2) is 76.7 Å². The summed E-state index contributed by atoms with van der Waals surface area (Å²) in [6.07, 6.45) is 1.34. The summed E-state index contributed by atoms with van der Waals surface area (Å²) < 4.78 is 43.6. The van der Waals surface area contributed by atoms with Gasteiger partial charge in [-0.25, -0.2) is 8.42 Å². The molecule has 0 saturated heterocycles. The summed E-state index contributed by atoms with van der Waals surface area (Å²) in [5.74, 6) is 1.66. The Morgan fingerprint density at radius 1 is 0.941 bits per heavy atom. The molecule has 7 nitrogen and oxygen atoms in total. The first-order chi connectivity index (χ1) is 16.4. The predicted octanol–water partition coefficient (Wildman–Crippen LogP) is 5.88. The summed E-state index contributed by atoms with van der Waals surface area (Å²) in [6, 6.07) is 16.7. The van der Waals surface area contributed by atoms with Crippen LogP contribution >= 0.6 is 11.6 Å². The first kappa shape index (κ1) is 23.7. The van der Waals surface area contributed by atoms with Gasteiger partial charge in [-0.3, -0.25) is 4.98 Å². The van der Waals surface area contributed by atoms with E-state index < -0.39 is 9.84 Å². The minimum Gasteiger partial charge on any atom is -0.494 e. The first-order valence-electron chi connectivity index (χ1n) is 10.4. The van der Waals surface area contributed by atoms with Crippen molar-refractivity contribution in [2.24, 2.45) is 0 Å². The molecular formula is C25H23ClN2O5S. The van der Waals surface area contributed by atoms with Crippen LogP contribution in [0, 0.1) is 0 Å². The van der Waals surface area contributed by atoms with E-state index >= 15 is 0 Å². The van der Waals surface area contributed by atoms with Crippen molar-refractivity contribution in [2.75, 3.05) is 26.1 Å². The average molecular weight is 499 g/mol. The molecule has 0 saturated carbocycles. The van der Waals surface area contributed by atoms with E-state index in [1.54, 1.807) is 12.1 Å². The van der Waals surface area contributed by atoms with Crippen LogP contribution < -0.4 is 19.5 Å². The van der Waals surface area contributed by atoms with Crippen LogP contribution in [-0.2, 0) is 9.84 Å². The number of benzene rings is 3. The Hall–Kier alpha value is -3.49. The minimum absolute atomic E-state index is 0.0171. The van der Waals surface area contributed by atoms with Crippen LogP contribution in [0.3, 0.4) is 0 Å². The maximum Gasteiger partial charge on any atom is 0.210 e. The topological polar surface area (TPSA) is 86.8 Å². The molecule has 0 unspecified atom stereocenters. The molecule has 0 radical (unpaired) electrons. The van der Waals surface area contributed by atoms with Gasteiger partial charge in [0.2, 0.25) is 9.84 Å². The SMILES string of the molecule is CCOc1ccc(Nc2c(S(=O)(=O)c3ccc(Cl)cc3)cnc3cc(OC)c(OC)cc23)cc1. The molecule has 0 atom stereocenters. The number of aromatic nitrogens is 1. The molecule has 1 aromatic heterocycles. The van der Waals surface area contributed by atoms with Gasteiger partial charge in [-0.1, -0.05) is 11.6 Å². The highest BCUT2D eigenvalue weighted by molar-refractivity contribution is 7.91. The highest BCUT2D eigenvalue weighted by Gasteiger charge is 2.25. The van der Waals surface area contributed by atoms with Gasteiger partial charge in [-0.05, 0) is 61.5 Å². The molecule has 0 aliphatic heterocycles. The van der Waals surface area contributed by atoms with Crippen molar-refractivity contribution in [2.45, 2.75) is 16.7 Å². The van der Waals surface area contributed by atoms with Gasteiger partial charge in [0.05, 0.1) is 36.9 Å². The second kappa shape index (κ2) is 9.79. The summed E-state index contributed by atoms with van der Waals surface area (Å²) >= 11 is 5.97. The van der Waals surface area contributed by atoms with Gasteiger partial charge in [-0.15, -0.1) is 0 Å². The summed E-state index contributed by atoms with van der Waals surface area (Å²) in [6.45, 7) is 2.46. The quantitative estimate of drug-likeness (QED) is 0.324. The molecular weight excluding hydrogens is 476 g/mol. The molecule has 34 heavy (non-hydrogen) atoms. The van der Waals surface area contributed by atoms with Gasteiger partial charge in [0, 0.05) is 28.4 Å². The van der Waals surface area contributed by atoms with Crippen LogP contribution in [0.1, 0.15) is 6.92 Å². The lowest BCUT2D eigenvalue weighted by atomic mass is 10.1. The number of sulfone groups is 1. The first-order valence-corrected chi connectivity index (χ1v) is 12.3. The zero-order chi connectivity index (χ0) is 24.3. The molecule has 176 valence electrons. The number of anilines is 2. The molecule has 1 heterocycles. The smallest absolute Gasteiger partial charge is 0.210 e. The number of halogens is 1. The minimum atomic E-state index is -3.93. The third-order valence-corrected chi connectivity index (χ3v) is 7.22. The van der Waals surface area contributed by atoms with Crippen LogP contribution in [0.2, 0.25) is 5.02 Å². The fraction of sp³-hybridized carbons (Fsp3) is 0.160. The number of hydrogen-bond acceptors (Lipinski definition) is 7. The predicted molar refractivity (Wildman–Crippen MR) is 133 cm³/mol. The maximum absolute atomic E-state index is 13.6. The van der Waals surface area contributed by atoms with E-state index in [0.29, 0.717) is 51.2 Å². The van der Waals surface area contributed by atoms with Crippen molar-refractivity contribution in [1.82, 2.24) is 4.98 Å². The second-order valence-corrected chi connectivity index (χ2v) is 9.62. The molecule has 0 bridgehead atoms. The Labute approximate surface area is 203 Å². The maximum atomic E-state index is 13.6. The lowest BCUT2D eigenvalue weighted by Crippen LogP contribution is -2.07. The van der Waals surface area contributed by atoms with E-state index in [-0.39, 0.29) is 9.79 Å². The van der Waals surface area contributed by atoms with Crippen molar-refractivity contribution in [1.29, 1.82) is 0 Å². The lowest BCUT2D eigenvalue weighted by molar-refractivity contribution is 0.340. The van der Waals surface area contributed by atoms with Crippen molar-refractivity contribution < 1.29 is 22.6 Å². The molecule has 0 amide bonds. The van der Waals surface area contributed by atoms with Gasteiger partial charge in [-0.2, -0.15) is 0 Å². The zero-order valence-corrected chi connectivity index (χ0v) is 20.4. The largest absolute Gasteiger partial charge is 0.494 e. The molecule has 0 aliphatic carbocycles. The average Bonchev–Trinajstić information content (AvgIpc) is 2.84. The molecule has 4 aromatic rings. The van der Waals surface area contributed by atoms with E-state index in [0.717, 1.165) is 0 Å². The highest BCUT2D eigenvalue weighted by Crippen LogP contribution is 2.40. The Morgan fingerprint density at radius 3 is 2.21 bits per heavy atom. The van der Waals surface area contributed by atoms with Crippen LogP contribution in [-0.4, -0.2) is 34.2 Å². The number of nitrogens with zero attached hydrogens (tertiary/aromatic N) is 1. The van der Waals surface area contributed by atoms with Crippen molar-refractivity contribution in [3.63, 3.8) is 0 Å². The van der Waals surface area contributed by atoms with Crippen molar-refractivity contribution in [3.05, 3.63) is 71.9 Å². The summed E-state index contributed by atoms with van der Waals surface area (Å²) in [5, 5.41) is 4.27. The van der Waals surface area contributed by atoms with Crippen LogP contribution in [0.5, 0.6) is 17.2 Å². The number of hydrogen-bond donors (Lipinski definition) is 1. The fourth-order valence-electron chi connectivity index (χ4n) is 3.52. The summed E-state index contributed by atoms with van der Waals surface area (Å²) in [4.78, 5) is 4.54. The van der Waals surface area contributed by atoms with E-state index in [2.05, 4.69) is 10.3 Å². The second-order valence-electron chi connectivity index (χ2n) is 7.26.